The molecule has 0 aromatic carbocycles. The van der Waals surface area contributed by atoms with Crippen molar-refractivity contribution in [1.29, 1.82) is 0 Å². The molecule has 2 nitrogen and oxygen atoms in total. The third-order valence-corrected chi connectivity index (χ3v) is 2.83. The minimum atomic E-state index is 0.329. The Hall–Kier alpha value is -0.0800. The van der Waals surface area contributed by atoms with Crippen molar-refractivity contribution in [2.24, 2.45) is 11.7 Å². The summed E-state index contributed by atoms with van der Waals surface area (Å²) in [5.41, 5.74) is 5.80. The molecule has 2 fully saturated rings. The van der Waals surface area contributed by atoms with Crippen LogP contribution < -0.4 is 5.73 Å². The first-order valence-electron chi connectivity index (χ1n) is 4.18. The van der Waals surface area contributed by atoms with Gasteiger partial charge in [0.15, 0.2) is 0 Å². The lowest BCUT2D eigenvalue weighted by Crippen LogP contribution is -2.33. The molecule has 2 heteroatoms. The van der Waals surface area contributed by atoms with Gasteiger partial charge < -0.3 is 10.5 Å². The van der Waals surface area contributed by atoms with Crippen molar-refractivity contribution in [3.63, 3.8) is 0 Å². The molecule has 2 saturated heterocycles. The van der Waals surface area contributed by atoms with E-state index in [2.05, 4.69) is 6.92 Å². The number of rotatable bonds is 1. The van der Waals surface area contributed by atoms with Crippen molar-refractivity contribution >= 4 is 0 Å². The van der Waals surface area contributed by atoms with Gasteiger partial charge in [0.1, 0.15) is 0 Å². The summed E-state index contributed by atoms with van der Waals surface area (Å²) in [6, 6.07) is 0.329. The monoisotopic (exact) mass is 141 g/mol. The molecule has 10 heavy (non-hydrogen) atoms. The Morgan fingerprint density at radius 2 is 2.30 bits per heavy atom. The summed E-state index contributed by atoms with van der Waals surface area (Å²) in [6.07, 6.45) is 4.79. The van der Waals surface area contributed by atoms with E-state index >= 15 is 0 Å². The molecule has 58 valence electrons. The standard InChI is InChI=1S/C8H15NO/c1-5(9)7-4-6-2-3-8(7)10-6/h5-8H,2-4,9H2,1H3. The molecule has 0 saturated carbocycles. The van der Waals surface area contributed by atoms with Gasteiger partial charge in [0.25, 0.3) is 0 Å². The normalized spacial score (nSPS) is 48.0. The second kappa shape index (κ2) is 2.21. The van der Waals surface area contributed by atoms with Crippen LogP contribution >= 0.6 is 0 Å². The molecular weight excluding hydrogens is 126 g/mol. The van der Waals surface area contributed by atoms with E-state index in [0.717, 1.165) is 0 Å². The largest absolute Gasteiger partial charge is 0.375 e. The van der Waals surface area contributed by atoms with E-state index in [1.165, 1.54) is 19.3 Å². The predicted octanol–water partition coefficient (Wildman–Crippen LogP) is 0.901. The van der Waals surface area contributed by atoms with Crippen LogP contribution in [0.2, 0.25) is 0 Å². The zero-order valence-electron chi connectivity index (χ0n) is 6.42. The van der Waals surface area contributed by atoms with Gasteiger partial charge in [-0.25, -0.2) is 0 Å². The minimum absolute atomic E-state index is 0.329. The Kier molecular flexibility index (Phi) is 1.46. The highest BCUT2D eigenvalue weighted by Gasteiger charge is 2.41. The summed E-state index contributed by atoms with van der Waals surface area (Å²) < 4.78 is 5.67. The van der Waals surface area contributed by atoms with Crippen LogP contribution in [0.4, 0.5) is 0 Å². The van der Waals surface area contributed by atoms with Gasteiger partial charge in [-0.15, -0.1) is 0 Å². The molecule has 0 aromatic rings. The zero-order valence-corrected chi connectivity index (χ0v) is 6.42. The Morgan fingerprint density at radius 3 is 2.60 bits per heavy atom. The van der Waals surface area contributed by atoms with Crippen LogP contribution in [-0.4, -0.2) is 18.2 Å². The fraction of sp³-hybridized carbons (Fsp3) is 1.00. The van der Waals surface area contributed by atoms with Gasteiger partial charge in [0.05, 0.1) is 12.2 Å². The van der Waals surface area contributed by atoms with Crippen LogP contribution in [0.1, 0.15) is 26.2 Å². The zero-order chi connectivity index (χ0) is 7.14. The third kappa shape index (κ3) is 0.867. The Morgan fingerprint density at radius 1 is 1.50 bits per heavy atom. The number of nitrogens with two attached hydrogens (primary N) is 1. The average molecular weight is 141 g/mol. The van der Waals surface area contributed by atoms with Crippen molar-refractivity contribution in [2.75, 3.05) is 0 Å². The summed E-state index contributed by atoms with van der Waals surface area (Å²) in [6.45, 7) is 2.09. The summed E-state index contributed by atoms with van der Waals surface area (Å²) in [7, 11) is 0. The molecule has 2 rings (SSSR count). The first-order valence-corrected chi connectivity index (χ1v) is 4.18. The highest BCUT2D eigenvalue weighted by molar-refractivity contribution is 4.92. The van der Waals surface area contributed by atoms with Gasteiger partial charge >= 0.3 is 0 Å². The lowest BCUT2D eigenvalue weighted by Gasteiger charge is -2.21. The first kappa shape index (κ1) is 6.62. The van der Waals surface area contributed by atoms with E-state index < -0.39 is 0 Å². The van der Waals surface area contributed by atoms with Crippen molar-refractivity contribution in [1.82, 2.24) is 0 Å². The number of hydrogen-bond acceptors (Lipinski definition) is 2. The molecule has 2 aliphatic heterocycles. The molecule has 2 N–H and O–H groups in total. The van der Waals surface area contributed by atoms with Crippen LogP contribution in [0, 0.1) is 5.92 Å². The van der Waals surface area contributed by atoms with Crippen LogP contribution in [-0.2, 0) is 4.74 Å². The van der Waals surface area contributed by atoms with Crippen molar-refractivity contribution in [3.05, 3.63) is 0 Å². The SMILES string of the molecule is CC(N)C1CC2CCC1O2. The Balaban J connectivity index is 2.02. The lowest BCUT2D eigenvalue weighted by molar-refractivity contribution is 0.0895. The number of fused-ring (bicyclic) bond motifs is 2. The molecule has 2 heterocycles. The van der Waals surface area contributed by atoms with Crippen LogP contribution in [0.3, 0.4) is 0 Å². The fourth-order valence-electron chi connectivity index (χ4n) is 2.23. The highest BCUT2D eigenvalue weighted by Crippen LogP contribution is 2.39. The Labute approximate surface area is 61.7 Å². The van der Waals surface area contributed by atoms with Crippen LogP contribution in [0.25, 0.3) is 0 Å². The van der Waals surface area contributed by atoms with E-state index in [0.29, 0.717) is 24.2 Å². The average Bonchev–Trinajstić information content (AvgIpc) is 2.44. The van der Waals surface area contributed by atoms with Crippen molar-refractivity contribution < 1.29 is 4.74 Å². The maximum absolute atomic E-state index is 5.80. The van der Waals surface area contributed by atoms with E-state index in [4.69, 9.17) is 10.5 Å². The summed E-state index contributed by atoms with van der Waals surface area (Å²) in [5.74, 6) is 0.652. The summed E-state index contributed by atoms with van der Waals surface area (Å²) >= 11 is 0. The maximum atomic E-state index is 5.80. The van der Waals surface area contributed by atoms with Crippen molar-refractivity contribution in [3.8, 4) is 0 Å². The van der Waals surface area contributed by atoms with Gasteiger partial charge in [0.2, 0.25) is 0 Å². The van der Waals surface area contributed by atoms with Gasteiger partial charge in [-0.1, -0.05) is 0 Å². The number of hydrogen-bond donors (Lipinski definition) is 1. The molecule has 2 aliphatic rings. The van der Waals surface area contributed by atoms with E-state index in [-0.39, 0.29) is 0 Å². The van der Waals surface area contributed by atoms with Crippen LogP contribution in [0.15, 0.2) is 0 Å². The van der Waals surface area contributed by atoms with Gasteiger partial charge in [-0.05, 0) is 26.2 Å². The molecule has 0 spiro atoms. The molecule has 0 amide bonds. The van der Waals surface area contributed by atoms with E-state index in [9.17, 15) is 0 Å². The second-order valence-corrected chi connectivity index (χ2v) is 3.63. The number of ether oxygens (including phenoxy) is 1. The van der Waals surface area contributed by atoms with Gasteiger partial charge in [-0.3, -0.25) is 0 Å². The van der Waals surface area contributed by atoms with E-state index in [1.54, 1.807) is 0 Å². The molecule has 0 aromatic heterocycles. The Bertz CT molecular complexity index is 135. The molecule has 4 unspecified atom stereocenters. The lowest BCUT2D eigenvalue weighted by atomic mass is 9.85. The first-order chi connectivity index (χ1) is 4.77. The van der Waals surface area contributed by atoms with Gasteiger partial charge in [0, 0.05) is 12.0 Å². The summed E-state index contributed by atoms with van der Waals surface area (Å²) in [4.78, 5) is 0. The van der Waals surface area contributed by atoms with E-state index in [1.807, 2.05) is 0 Å². The predicted molar refractivity (Wildman–Crippen MR) is 39.7 cm³/mol. The summed E-state index contributed by atoms with van der Waals surface area (Å²) in [5, 5.41) is 0. The smallest absolute Gasteiger partial charge is 0.0623 e. The fourth-order valence-corrected chi connectivity index (χ4v) is 2.23. The van der Waals surface area contributed by atoms with Crippen molar-refractivity contribution in [2.45, 2.75) is 44.4 Å². The second-order valence-electron chi connectivity index (χ2n) is 3.63. The topological polar surface area (TPSA) is 35.2 Å². The molecule has 4 atom stereocenters. The molecule has 0 aliphatic carbocycles. The minimum Gasteiger partial charge on any atom is -0.375 e. The quantitative estimate of drug-likeness (QED) is 0.589. The maximum Gasteiger partial charge on any atom is 0.0623 e. The highest BCUT2D eigenvalue weighted by atomic mass is 16.5. The molecule has 2 bridgehead atoms. The molecule has 0 radical (unpaired) electrons. The third-order valence-electron chi connectivity index (χ3n) is 2.83. The van der Waals surface area contributed by atoms with Crippen LogP contribution in [0.5, 0.6) is 0 Å². The molecular formula is C8H15NO. The van der Waals surface area contributed by atoms with Gasteiger partial charge in [-0.2, -0.15) is 0 Å².